The fraction of sp³-hybridized carbons (Fsp3) is 0.591. The molecule has 4 rings (SSSR count). The number of rotatable bonds is 6. The normalized spacial score (nSPS) is 23.2. The molecule has 168 valence electrons. The summed E-state index contributed by atoms with van der Waals surface area (Å²) in [5.41, 5.74) is 2.64. The average Bonchev–Trinajstić information content (AvgIpc) is 3.32. The lowest BCUT2D eigenvalue weighted by atomic mass is 9.82. The van der Waals surface area contributed by atoms with Crippen molar-refractivity contribution in [3.63, 3.8) is 0 Å². The van der Waals surface area contributed by atoms with E-state index in [-0.39, 0.29) is 24.4 Å². The predicted molar refractivity (Wildman–Crippen MR) is 112 cm³/mol. The summed E-state index contributed by atoms with van der Waals surface area (Å²) in [5.74, 6) is 0.735. The van der Waals surface area contributed by atoms with E-state index in [9.17, 15) is 14.4 Å². The number of nitrogens with zero attached hydrogens (tertiary/aromatic N) is 2. The second-order valence-electron chi connectivity index (χ2n) is 8.48. The first kappa shape index (κ1) is 21.4. The molecule has 31 heavy (non-hydrogen) atoms. The monoisotopic (exact) mass is 430 g/mol. The number of benzene rings is 1. The van der Waals surface area contributed by atoms with Gasteiger partial charge in [0, 0.05) is 11.6 Å². The number of urea groups is 1. The maximum atomic E-state index is 12.9. The van der Waals surface area contributed by atoms with Crippen molar-refractivity contribution < 1.29 is 23.9 Å². The van der Waals surface area contributed by atoms with Crippen LogP contribution in [-0.4, -0.2) is 60.6 Å². The summed E-state index contributed by atoms with van der Waals surface area (Å²) in [7, 11) is 3.23. The SMILES string of the molecule is COc1ccc(OC)c(C2CCCN2CC(=O)NN2C(=O)NC3(CCCCC3)C2=O)c1. The molecular formula is C22H30N4O5. The second-order valence-corrected chi connectivity index (χ2v) is 8.48. The molecule has 1 aromatic carbocycles. The predicted octanol–water partition coefficient (Wildman–Crippen LogP) is 2.13. The van der Waals surface area contributed by atoms with Crippen LogP contribution in [0.15, 0.2) is 18.2 Å². The third-order valence-electron chi connectivity index (χ3n) is 6.61. The molecule has 0 aromatic heterocycles. The Hall–Kier alpha value is -2.81. The molecule has 1 aromatic rings. The van der Waals surface area contributed by atoms with Crippen LogP contribution in [0.25, 0.3) is 0 Å². The smallest absolute Gasteiger partial charge is 0.344 e. The van der Waals surface area contributed by atoms with Gasteiger partial charge in [0.15, 0.2) is 0 Å². The minimum atomic E-state index is -0.854. The Balaban J connectivity index is 1.44. The molecule has 2 aliphatic heterocycles. The van der Waals surface area contributed by atoms with Crippen molar-refractivity contribution in [2.24, 2.45) is 0 Å². The van der Waals surface area contributed by atoms with Crippen LogP contribution >= 0.6 is 0 Å². The number of imide groups is 1. The van der Waals surface area contributed by atoms with Crippen LogP contribution in [0, 0.1) is 0 Å². The summed E-state index contributed by atoms with van der Waals surface area (Å²) in [6, 6.07) is 5.08. The van der Waals surface area contributed by atoms with Crippen molar-refractivity contribution in [3.05, 3.63) is 23.8 Å². The van der Waals surface area contributed by atoms with Gasteiger partial charge in [-0.3, -0.25) is 19.9 Å². The number of carbonyl (C=O) groups excluding carboxylic acids is 3. The number of hydrazine groups is 1. The van der Waals surface area contributed by atoms with Gasteiger partial charge in [-0.1, -0.05) is 19.3 Å². The molecule has 1 aliphatic carbocycles. The van der Waals surface area contributed by atoms with Crippen LogP contribution in [0.5, 0.6) is 11.5 Å². The van der Waals surface area contributed by atoms with Gasteiger partial charge in [-0.2, -0.15) is 5.01 Å². The first-order valence-electron chi connectivity index (χ1n) is 10.9. The molecule has 9 nitrogen and oxygen atoms in total. The number of methoxy groups -OCH3 is 2. The summed E-state index contributed by atoms with van der Waals surface area (Å²) in [5, 5.41) is 3.68. The molecular weight excluding hydrogens is 400 g/mol. The van der Waals surface area contributed by atoms with Crippen LogP contribution in [0.4, 0.5) is 4.79 Å². The van der Waals surface area contributed by atoms with Gasteiger partial charge in [-0.05, 0) is 50.4 Å². The Bertz CT molecular complexity index is 867. The Morgan fingerprint density at radius 3 is 2.65 bits per heavy atom. The van der Waals surface area contributed by atoms with E-state index in [0.717, 1.165) is 60.7 Å². The van der Waals surface area contributed by atoms with Crippen LogP contribution in [-0.2, 0) is 9.59 Å². The summed E-state index contributed by atoms with van der Waals surface area (Å²) >= 11 is 0. The lowest BCUT2D eigenvalue weighted by molar-refractivity contribution is -0.140. The zero-order valence-corrected chi connectivity index (χ0v) is 18.1. The van der Waals surface area contributed by atoms with E-state index in [1.165, 1.54) is 0 Å². The molecule has 3 aliphatic rings. The van der Waals surface area contributed by atoms with Gasteiger partial charge >= 0.3 is 6.03 Å². The highest BCUT2D eigenvalue weighted by Crippen LogP contribution is 2.39. The highest BCUT2D eigenvalue weighted by atomic mass is 16.5. The first-order valence-corrected chi connectivity index (χ1v) is 10.9. The number of amides is 4. The first-order chi connectivity index (χ1) is 15.0. The number of ether oxygens (including phenoxy) is 2. The van der Waals surface area contributed by atoms with E-state index < -0.39 is 11.6 Å². The minimum Gasteiger partial charge on any atom is -0.497 e. The third kappa shape index (κ3) is 4.06. The van der Waals surface area contributed by atoms with E-state index in [2.05, 4.69) is 10.7 Å². The number of likely N-dealkylation sites (tertiary alicyclic amines) is 1. The fourth-order valence-corrected chi connectivity index (χ4v) is 5.03. The average molecular weight is 431 g/mol. The molecule has 2 heterocycles. The minimum absolute atomic E-state index is 0.0106. The van der Waals surface area contributed by atoms with Crippen LogP contribution in [0.1, 0.15) is 56.6 Å². The lowest BCUT2D eigenvalue weighted by Gasteiger charge is -2.30. The van der Waals surface area contributed by atoms with Crippen molar-refractivity contribution in [1.29, 1.82) is 0 Å². The van der Waals surface area contributed by atoms with Crippen LogP contribution in [0.3, 0.4) is 0 Å². The Morgan fingerprint density at radius 2 is 1.94 bits per heavy atom. The van der Waals surface area contributed by atoms with Gasteiger partial charge in [0.1, 0.15) is 17.0 Å². The molecule has 1 atom stereocenters. The van der Waals surface area contributed by atoms with Crippen LogP contribution in [0.2, 0.25) is 0 Å². The molecule has 0 bridgehead atoms. The van der Waals surface area contributed by atoms with E-state index in [1.807, 2.05) is 23.1 Å². The van der Waals surface area contributed by atoms with Crippen molar-refractivity contribution >= 4 is 17.8 Å². The van der Waals surface area contributed by atoms with Crippen molar-refractivity contribution in [2.45, 2.75) is 56.5 Å². The van der Waals surface area contributed by atoms with Gasteiger partial charge in [0.05, 0.1) is 20.8 Å². The maximum absolute atomic E-state index is 12.9. The molecule has 2 saturated heterocycles. The summed E-state index contributed by atoms with van der Waals surface area (Å²) in [6.45, 7) is 0.817. The molecule has 2 N–H and O–H groups in total. The molecule has 3 fully saturated rings. The summed E-state index contributed by atoms with van der Waals surface area (Å²) < 4.78 is 10.9. The van der Waals surface area contributed by atoms with E-state index >= 15 is 0 Å². The second kappa shape index (κ2) is 8.74. The molecule has 1 spiro atoms. The van der Waals surface area contributed by atoms with Crippen LogP contribution < -0.4 is 20.2 Å². The quantitative estimate of drug-likeness (QED) is 0.671. The standard InChI is InChI=1S/C22H30N4O5/c1-30-15-8-9-18(31-2)16(13-15)17-7-6-12-25(17)14-19(27)24-26-20(28)22(23-21(26)29)10-4-3-5-11-22/h8-9,13,17H,3-7,10-12,14H2,1-2H3,(H,23,29)(H,24,27). The van der Waals surface area contributed by atoms with Gasteiger partial charge in [-0.25, -0.2) is 4.79 Å². The number of hydrogen-bond donors (Lipinski definition) is 2. The van der Waals surface area contributed by atoms with E-state index in [1.54, 1.807) is 14.2 Å². The van der Waals surface area contributed by atoms with Gasteiger partial charge in [-0.15, -0.1) is 0 Å². The van der Waals surface area contributed by atoms with Crippen molar-refractivity contribution in [1.82, 2.24) is 20.7 Å². The Labute approximate surface area is 182 Å². The Morgan fingerprint density at radius 1 is 1.16 bits per heavy atom. The maximum Gasteiger partial charge on any atom is 0.344 e. The highest BCUT2D eigenvalue weighted by Gasteiger charge is 2.52. The fourth-order valence-electron chi connectivity index (χ4n) is 5.03. The molecule has 4 amide bonds. The van der Waals surface area contributed by atoms with Crippen molar-refractivity contribution in [2.75, 3.05) is 27.3 Å². The van der Waals surface area contributed by atoms with Gasteiger partial charge < -0.3 is 14.8 Å². The highest BCUT2D eigenvalue weighted by molar-refractivity contribution is 6.08. The van der Waals surface area contributed by atoms with Gasteiger partial charge in [0.25, 0.3) is 11.8 Å². The van der Waals surface area contributed by atoms with Gasteiger partial charge in [0.2, 0.25) is 0 Å². The molecule has 1 unspecified atom stereocenters. The number of hydrogen-bond acceptors (Lipinski definition) is 6. The summed E-state index contributed by atoms with van der Waals surface area (Å²) in [4.78, 5) is 40.1. The molecule has 0 radical (unpaired) electrons. The Kier molecular flexibility index (Phi) is 6.04. The topological polar surface area (TPSA) is 100 Å². The largest absolute Gasteiger partial charge is 0.497 e. The van der Waals surface area contributed by atoms with Crippen molar-refractivity contribution in [3.8, 4) is 11.5 Å². The van der Waals surface area contributed by atoms with E-state index in [0.29, 0.717) is 12.8 Å². The lowest BCUT2D eigenvalue weighted by Crippen LogP contribution is -2.52. The zero-order chi connectivity index (χ0) is 22.0. The van der Waals surface area contributed by atoms with E-state index in [4.69, 9.17) is 9.47 Å². The zero-order valence-electron chi connectivity index (χ0n) is 18.1. The molecule has 1 saturated carbocycles. The third-order valence-corrected chi connectivity index (χ3v) is 6.61. The number of carbonyl (C=O) groups is 3. The number of nitrogens with one attached hydrogen (secondary N) is 2. The summed E-state index contributed by atoms with van der Waals surface area (Å²) in [6.07, 6.45) is 5.90. The molecule has 9 heteroatoms.